The van der Waals surface area contributed by atoms with E-state index in [1.165, 1.54) is 77.9 Å². The highest BCUT2D eigenvalue weighted by Crippen LogP contribution is 2.59. The molecule has 0 heterocycles. The average Bonchev–Trinajstić information content (AvgIpc) is 3.46. The van der Waals surface area contributed by atoms with Crippen LogP contribution in [0, 0.1) is 35.0 Å². The second-order valence-corrected chi connectivity index (χ2v) is 11.5. The number of hydrogen-bond donors (Lipinski definition) is 4. The van der Waals surface area contributed by atoms with Crippen molar-refractivity contribution < 1.29 is 0 Å². The monoisotopic (exact) mass is 418 g/mol. The molecule has 0 aliphatic heterocycles. The Bertz CT molecular complexity index is 458. The first kappa shape index (κ1) is 23.0. The third-order valence-corrected chi connectivity index (χ3v) is 8.71. The van der Waals surface area contributed by atoms with Crippen molar-refractivity contribution >= 4 is 0 Å². The smallest absolute Gasteiger partial charge is 0.000811 e. The fourth-order valence-electron chi connectivity index (χ4n) is 7.42. The molecule has 0 aromatic carbocycles. The number of nitrogens with one attached hydrogen (secondary N) is 4. The molecular formula is C26H50N4. The summed E-state index contributed by atoms with van der Waals surface area (Å²) < 4.78 is 0. The van der Waals surface area contributed by atoms with Crippen molar-refractivity contribution in [2.45, 2.75) is 77.6 Å². The lowest BCUT2D eigenvalue weighted by Gasteiger charge is -2.57. The van der Waals surface area contributed by atoms with Gasteiger partial charge in [-0.2, -0.15) is 0 Å². The predicted octanol–water partition coefficient (Wildman–Crippen LogP) is 3.78. The summed E-state index contributed by atoms with van der Waals surface area (Å²) >= 11 is 0. The summed E-state index contributed by atoms with van der Waals surface area (Å²) in [6.45, 7) is 11.9. The van der Waals surface area contributed by atoms with Crippen LogP contribution in [0.4, 0.5) is 0 Å². The molecule has 5 saturated carbocycles. The molecule has 0 amide bonds. The molecule has 0 spiro atoms. The third-order valence-electron chi connectivity index (χ3n) is 8.71. The minimum atomic E-state index is 0.703. The maximum atomic E-state index is 3.87. The van der Waals surface area contributed by atoms with E-state index < -0.39 is 0 Å². The van der Waals surface area contributed by atoms with Crippen LogP contribution in [0.5, 0.6) is 0 Å². The van der Waals surface area contributed by atoms with Crippen LogP contribution in [0.25, 0.3) is 0 Å². The summed E-state index contributed by atoms with van der Waals surface area (Å²) in [7, 11) is 0. The van der Waals surface area contributed by atoms with Crippen LogP contribution in [0.2, 0.25) is 0 Å². The van der Waals surface area contributed by atoms with Gasteiger partial charge in [-0.05, 0) is 151 Å². The number of unbranched alkanes of at least 4 members (excludes halogenated alkanes) is 2. The lowest BCUT2D eigenvalue weighted by atomic mass is 9.49. The van der Waals surface area contributed by atoms with Gasteiger partial charge in [0.15, 0.2) is 0 Å². The molecule has 4 heteroatoms. The molecule has 2 atom stereocenters. The first-order chi connectivity index (χ1) is 14.8. The molecule has 0 aromatic rings. The van der Waals surface area contributed by atoms with Gasteiger partial charge in [0.2, 0.25) is 0 Å². The van der Waals surface area contributed by atoms with E-state index in [0.29, 0.717) is 5.41 Å². The predicted molar refractivity (Wildman–Crippen MR) is 128 cm³/mol. The van der Waals surface area contributed by atoms with E-state index in [4.69, 9.17) is 0 Å². The van der Waals surface area contributed by atoms with Crippen LogP contribution in [-0.4, -0.2) is 52.4 Å². The first-order valence-corrected chi connectivity index (χ1v) is 13.6. The minimum Gasteiger partial charge on any atom is -0.317 e. The van der Waals surface area contributed by atoms with Crippen molar-refractivity contribution in [1.29, 1.82) is 0 Å². The maximum Gasteiger partial charge on any atom is 0.000811 e. The lowest BCUT2D eigenvalue weighted by molar-refractivity contribution is -0.0512. The quantitative estimate of drug-likeness (QED) is 0.272. The van der Waals surface area contributed by atoms with Crippen molar-refractivity contribution in [2.75, 3.05) is 52.4 Å². The van der Waals surface area contributed by atoms with Gasteiger partial charge in [0.1, 0.15) is 0 Å². The van der Waals surface area contributed by atoms with Gasteiger partial charge in [-0.25, -0.2) is 0 Å². The Morgan fingerprint density at radius 3 is 1.57 bits per heavy atom. The van der Waals surface area contributed by atoms with E-state index in [1.54, 1.807) is 38.5 Å². The molecular weight excluding hydrogens is 368 g/mol. The lowest BCUT2D eigenvalue weighted by Crippen LogP contribution is -2.50. The fourth-order valence-corrected chi connectivity index (χ4v) is 7.42. The molecule has 0 saturated heterocycles. The highest BCUT2D eigenvalue weighted by atomic mass is 14.9. The molecule has 4 nitrogen and oxygen atoms in total. The van der Waals surface area contributed by atoms with E-state index in [2.05, 4.69) is 28.2 Å². The van der Waals surface area contributed by atoms with Crippen LogP contribution in [0.15, 0.2) is 0 Å². The minimum absolute atomic E-state index is 0.703. The summed E-state index contributed by atoms with van der Waals surface area (Å²) in [5.41, 5.74) is 0.703. The summed E-state index contributed by atoms with van der Waals surface area (Å²) in [5.74, 6) is 5.15. The molecule has 30 heavy (non-hydrogen) atoms. The Morgan fingerprint density at radius 1 is 0.600 bits per heavy atom. The van der Waals surface area contributed by atoms with Crippen molar-refractivity contribution in [1.82, 2.24) is 21.3 Å². The highest BCUT2D eigenvalue weighted by Gasteiger charge is 2.50. The fraction of sp³-hybridized carbons (Fsp3) is 1.00. The van der Waals surface area contributed by atoms with Gasteiger partial charge in [-0.15, -0.1) is 0 Å². The second kappa shape index (κ2) is 11.6. The van der Waals surface area contributed by atoms with E-state index >= 15 is 0 Å². The number of rotatable bonds is 17. The maximum absolute atomic E-state index is 3.87. The van der Waals surface area contributed by atoms with Gasteiger partial charge in [-0.3, -0.25) is 0 Å². The largest absolute Gasteiger partial charge is 0.317 e. The Balaban J connectivity index is 0.927. The summed E-state index contributed by atoms with van der Waals surface area (Å²) in [5, 5.41) is 14.7. The molecule has 174 valence electrons. The molecule has 4 bridgehead atoms. The van der Waals surface area contributed by atoms with Crippen LogP contribution >= 0.6 is 0 Å². The SMILES string of the molecule is CCNCCCCNC[C@H]1C[C@@H]1CNCCCCNCC12CC3CC(CC(C3)C1)C2. The van der Waals surface area contributed by atoms with Gasteiger partial charge >= 0.3 is 0 Å². The normalized spacial score (nSPS) is 36.5. The zero-order valence-electron chi connectivity index (χ0n) is 19.8. The molecule has 4 N–H and O–H groups in total. The van der Waals surface area contributed by atoms with E-state index in [-0.39, 0.29) is 0 Å². The van der Waals surface area contributed by atoms with Gasteiger partial charge in [0.25, 0.3) is 0 Å². The van der Waals surface area contributed by atoms with Gasteiger partial charge in [0, 0.05) is 6.54 Å². The van der Waals surface area contributed by atoms with Crippen LogP contribution in [0.1, 0.15) is 77.6 Å². The Hall–Kier alpha value is -0.160. The molecule has 5 aliphatic carbocycles. The molecule has 5 rings (SSSR count). The van der Waals surface area contributed by atoms with E-state index in [0.717, 1.165) is 36.1 Å². The van der Waals surface area contributed by atoms with Crippen molar-refractivity contribution in [2.24, 2.45) is 35.0 Å². The van der Waals surface area contributed by atoms with Crippen molar-refractivity contribution in [3.05, 3.63) is 0 Å². The zero-order chi connectivity index (χ0) is 20.7. The van der Waals surface area contributed by atoms with Crippen LogP contribution in [-0.2, 0) is 0 Å². The van der Waals surface area contributed by atoms with Crippen LogP contribution in [0.3, 0.4) is 0 Å². The Labute approximate surface area is 186 Å². The topological polar surface area (TPSA) is 48.1 Å². The summed E-state index contributed by atoms with van der Waals surface area (Å²) in [4.78, 5) is 0. The first-order valence-electron chi connectivity index (χ1n) is 13.6. The second-order valence-electron chi connectivity index (χ2n) is 11.5. The zero-order valence-corrected chi connectivity index (χ0v) is 19.8. The molecule has 5 fully saturated rings. The standard InChI is InChI=1S/C26H50N4/c1-2-27-7-3-4-8-28-18-24-14-25(24)19-29-9-5-6-10-30-20-26-15-21-11-22(16-26)13-23(12-21)17-26/h21-25,27-30H,2-20H2,1H3/t21?,22?,23?,24-,25-,26?/m1/s1. The molecule has 5 aliphatic rings. The summed E-state index contributed by atoms with van der Waals surface area (Å²) in [6.07, 6.45) is 16.0. The van der Waals surface area contributed by atoms with Crippen LogP contribution < -0.4 is 21.3 Å². The summed E-state index contributed by atoms with van der Waals surface area (Å²) in [6, 6.07) is 0. The van der Waals surface area contributed by atoms with Crippen molar-refractivity contribution in [3.63, 3.8) is 0 Å². The van der Waals surface area contributed by atoms with E-state index in [9.17, 15) is 0 Å². The van der Waals surface area contributed by atoms with Gasteiger partial charge in [0.05, 0.1) is 0 Å². The van der Waals surface area contributed by atoms with Gasteiger partial charge < -0.3 is 21.3 Å². The highest BCUT2D eigenvalue weighted by molar-refractivity contribution is 5.02. The molecule has 0 aromatic heterocycles. The van der Waals surface area contributed by atoms with E-state index in [1.807, 2.05) is 0 Å². The Kier molecular flexibility index (Phi) is 8.92. The molecule has 0 radical (unpaired) electrons. The third kappa shape index (κ3) is 6.92. The van der Waals surface area contributed by atoms with Crippen molar-refractivity contribution in [3.8, 4) is 0 Å². The van der Waals surface area contributed by atoms with Gasteiger partial charge in [-0.1, -0.05) is 6.92 Å². The Morgan fingerprint density at radius 2 is 1.07 bits per heavy atom. The number of hydrogen-bond acceptors (Lipinski definition) is 4. The molecule has 0 unspecified atom stereocenters. The average molecular weight is 419 g/mol.